The number of carbonyl (C=O) groups is 1. The molecule has 12 atom stereocenters. The highest BCUT2D eigenvalue weighted by Crippen LogP contribution is 2.31. The number of unbranched alkanes of at least 4 members (excludes halogenated alkanes) is 15. The number of halogens is 2. The van der Waals surface area contributed by atoms with Crippen molar-refractivity contribution in [3.8, 4) is 0 Å². The van der Waals surface area contributed by atoms with Gasteiger partial charge in [0.15, 0.2) is 12.6 Å². The van der Waals surface area contributed by atoms with Gasteiger partial charge in [0.2, 0.25) is 5.91 Å². The maximum absolute atomic E-state index is 14.3. The molecule has 71 heavy (non-hydrogen) atoms. The molecule has 0 saturated carbocycles. The van der Waals surface area contributed by atoms with Crippen molar-refractivity contribution >= 4 is 25.1 Å². The average molecular weight is 1010 g/mol. The fraction of sp³-hybridized carbons (Fsp3) is 0.769. The van der Waals surface area contributed by atoms with Gasteiger partial charge in [0.25, 0.3) is 0 Å². The van der Waals surface area contributed by atoms with E-state index in [-0.39, 0.29) is 18.9 Å². The van der Waals surface area contributed by atoms with Gasteiger partial charge in [0.05, 0.1) is 37.7 Å². The maximum Gasteiger partial charge on any atom is 0.677 e. The van der Waals surface area contributed by atoms with Gasteiger partial charge in [-0.1, -0.05) is 109 Å². The lowest BCUT2D eigenvalue weighted by atomic mass is 9.97. The van der Waals surface area contributed by atoms with Gasteiger partial charge in [-0.3, -0.25) is 18.4 Å². The number of amides is 1. The topological polar surface area (TPSA) is 236 Å². The first-order valence-corrected chi connectivity index (χ1v) is 26.4. The molecule has 8 N–H and O–H groups in total. The third-order valence-electron chi connectivity index (χ3n) is 13.8. The molecule has 1 aromatic rings. The van der Waals surface area contributed by atoms with Gasteiger partial charge in [-0.15, -0.1) is 0 Å². The zero-order valence-electron chi connectivity index (χ0n) is 42.7. The van der Waals surface area contributed by atoms with E-state index in [1.807, 2.05) is 12.2 Å². The summed E-state index contributed by atoms with van der Waals surface area (Å²) >= 11 is 0. The Kier molecular flexibility index (Phi) is 27.7. The summed E-state index contributed by atoms with van der Waals surface area (Å²) in [5, 5.41) is 85.5. The first kappa shape index (κ1) is 60.6. The third kappa shape index (κ3) is 18.8. The van der Waals surface area contributed by atoms with E-state index in [0.29, 0.717) is 49.3 Å². The zero-order valence-corrected chi connectivity index (χ0v) is 42.7. The number of hydrogen-bond donors (Lipinski definition) is 8. The number of rotatable bonds is 34. The van der Waals surface area contributed by atoms with Gasteiger partial charge >= 0.3 is 7.40 Å². The molecule has 1 unspecified atom stereocenters. The Labute approximate surface area is 420 Å². The number of aromatic nitrogens is 1. The lowest BCUT2D eigenvalue weighted by molar-refractivity contribution is -0.360. The Bertz CT molecular complexity index is 1820. The minimum atomic E-state index is -2.68. The van der Waals surface area contributed by atoms with Crippen molar-refractivity contribution in [2.75, 3.05) is 26.4 Å². The predicted molar refractivity (Wildman–Crippen MR) is 269 cm³/mol. The molecule has 16 nitrogen and oxygen atoms in total. The van der Waals surface area contributed by atoms with Gasteiger partial charge < -0.3 is 69.2 Å². The standard InChI is InChI=1S/C52H86BF2N3O13/c1-5-7-9-11-12-13-14-15-16-17-18-19-20-25-41(61)40(34-68-51-49(67)47(65)50(43(33-60)70-51)71-52-48(66)46(64)45(63)42(32-59)69-52)57(29-23-10-8-6-2)44(62)26-22-21-24-37-27-28-38(56-37)31-39-35(3)30-36(4)58(39)53(54)55/h20,25,27-28,30-31,40-43,45-52,59-61,63-67H,5-19,21-24,26,29,32-34H2,1-4H3/b25-20+,38-31-/t40-,41+,42+,43+,45-,46-,47+,48+,49+,50+,51?,52-/m0/s1. The van der Waals surface area contributed by atoms with Gasteiger partial charge in [-0.05, 0) is 82.2 Å². The van der Waals surface area contributed by atoms with Crippen LogP contribution in [0.4, 0.5) is 8.63 Å². The molecule has 0 aromatic carbocycles. The molecule has 404 valence electrons. The van der Waals surface area contributed by atoms with E-state index in [0.717, 1.165) is 60.7 Å². The molecule has 0 aliphatic carbocycles. The summed E-state index contributed by atoms with van der Waals surface area (Å²) in [5.41, 5.74) is 2.91. The summed E-state index contributed by atoms with van der Waals surface area (Å²) in [5.74, 6) is -0.220. The number of ether oxygens (including phenoxy) is 4. The highest BCUT2D eigenvalue weighted by atomic mass is 19.2. The second-order valence-corrected chi connectivity index (χ2v) is 19.5. The molecule has 0 radical (unpaired) electrons. The Balaban J connectivity index is 1.44. The summed E-state index contributed by atoms with van der Waals surface area (Å²) < 4.78 is 51.8. The Morgan fingerprint density at radius 2 is 1.39 bits per heavy atom. The summed E-state index contributed by atoms with van der Waals surface area (Å²) in [6.07, 6.45) is 10.5. The van der Waals surface area contributed by atoms with Crippen molar-refractivity contribution in [2.45, 2.75) is 230 Å². The van der Waals surface area contributed by atoms with Crippen molar-refractivity contribution < 1.29 is 73.2 Å². The molecular formula is C52H86BF2N3O13. The van der Waals surface area contributed by atoms with Gasteiger partial charge in [-0.2, -0.15) is 0 Å². The average Bonchev–Trinajstić information content (AvgIpc) is 3.92. The molecule has 19 heteroatoms. The van der Waals surface area contributed by atoms with Crippen molar-refractivity contribution in [3.05, 3.63) is 53.0 Å². The van der Waals surface area contributed by atoms with E-state index in [2.05, 4.69) is 18.8 Å². The minimum absolute atomic E-state index is 0.143. The number of aliphatic hydroxyl groups is 8. The normalized spacial score (nSPS) is 27.2. The van der Waals surface area contributed by atoms with Crippen LogP contribution in [0.3, 0.4) is 0 Å². The monoisotopic (exact) mass is 1010 g/mol. The van der Waals surface area contributed by atoms with Crippen LogP contribution in [0.1, 0.15) is 159 Å². The first-order valence-electron chi connectivity index (χ1n) is 26.4. The number of allylic oxidation sites excluding steroid dienone is 3. The quantitative estimate of drug-likeness (QED) is 0.0231. The number of aliphatic imine (C=N–C) groups is 1. The number of aliphatic hydroxyl groups excluding tert-OH is 8. The number of carbonyl (C=O) groups excluding carboxylic acids is 1. The van der Waals surface area contributed by atoms with E-state index < -0.39 is 94.2 Å². The molecule has 0 bridgehead atoms. The van der Waals surface area contributed by atoms with Gasteiger partial charge in [-0.25, -0.2) is 0 Å². The fourth-order valence-electron chi connectivity index (χ4n) is 9.52. The van der Waals surface area contributed by atoms with E-state index in [4.69, 9.17) is 18.9 Å². The molecule has 2 saturated heterocycles. The molecule has 1 amide bonds. The summed E-state index contributed by atoms with van der Waals surface area (Å²) in [6, 6.07) is 0.765. The molecule has 0 spiro atoms. The lowest BCUT2D eigenvalue weighted by Crippen LogP contribution is -2.65. The molecule has 3 aliphatic heterocycles. The Morgan fingerprint density at radius 1 is 0.789 bits per heavy atom. The molecule has 2 fully saturated rings. The number of aryl methyl sites for hydroxylation is 2. The Morgan fingerprint density at radius 3 is 2.03 bits per heavy atom. The van der Waals surface area contributed by atoms with Crippen molar-refractivity contribution in [1.82, 2.24) is 9.38 Å². The SMILES string of the molecule is CCCCCCCCCCCCC/C=C/[C@@H](O)[C@H](COC1O[C@H](CO)[C@@H](O[C@@H]2O[C@H](CO)[C@H](O)[C@H](O)[C@H]2O)[C@H](O)[C@H]1O)N(CCCCCC)C(=O)CCCCC1=N/C(=C\c2c(C)cc(C)n2B(F)F)C=C1. The van der Waals surface area contributed by atoms with E-state index in [1.165, 1.54) is 51.4 Å². The van der Waals surface area contributed by atoms with Crippen LogP contribution in [0.5, 0.6) is 0 Å². The van der Waals surface area contributed by atoms with Crippen LogP contribution in [0.25, 0.3) is 6.08 Å². The van der Waals surface area contributed by atoms with Crippen LogP contribution in [0.2, 0.25) is 0 Å². The minimum Gasteiger partial charge on any atom is -0.394 e. The smallest absolute Gasteiger partial charge is 0.394 e. The van der Waals surface area contributed by atoms with Crippen molar-refractivity contribution in [2.24, 2.45) is 4.99 Å². The molecular weight excluding hydrogens is 923 g/mol. The largest absolute Gasteiger partial charge is 0.677 e. The Hall–Kier alpha value is -2.92. The van der Waals surface area contributed by atoms with Crippen LogP contribution in [0.15, 0.2) is 41.1 Å². The van der Waals surface area contributed by atoms with Gasteiger partial charge in [0.1, 0.15) is 48.8 Å². The number of nitrogens with zero attached hydrogens (tertiary/aromatic N) is 3. The van der Waals surface area contributed by atoms with Crippen LogP contribution in [-0.4, -0.2) is 169 Å². The maximum atomic E-state index is 14.3. The lowest BCUT2D eigenvalue weighted by Gasteiger charge is -2.46. The highest BCUT2D eigenvalue weighted by molar-refractivity contribution is 6.41. The summed E-state index contributed by atoms with van der Waals surface area (Å²) in [6.45, 7) is 6.22. The summed E-state index contributed by atoms with van der Waals surface area (Å²) in [7, 11) is -2.68. The predicted octanol–water partition coefficient (Wildman–Crippen LogP) is 5.83. The molecule has 4 rings (SSSR count). The van der Waals surface area contributed by atoms with Crippen molar-refractivity contribution in [3.63, 3.8) is 0 Å². The second-order valence-electron chi connectivity index (χ2n) is 19.5. The van der Waals surface area contributed by atoms with E-state index >= 15 is 0 Å². The highest BCUT2D eigenvalue weighted by Gasteiger charge is 2.51. The van der Waals surface area contributed by atoms with Crippen LogP contribution in [0, 0.1) is 13.8 Å². The van der Waals surface area contributed by atoms with Gasteiger partial charge in [0, 0.05) is 30.1 Å². The van der Waals surface area contributed by atoms with E-state index in [1.54, 1.807) is 43.0 Å². The number of hydrogen-bond acceptors (Lipinski definition) is 14. The summed E-state index contributed by atoms with van der Waals surface area (Å²) in [4.78, 5) is 20.6. The van der Waals surface area contributed by atoms with Crippen LogP contribution in [-0.2, 0) is 23.7 Å². The van der Waals surface area contributed by atoms with E-state index in [9.17, 15) is 54.3 Å². The molecule has 4 heterocycles. The fourth-order valence-corrected chi connectivity index (χ4v) is 9.52. The molecule has 1 aromatic heterocycles. The van der Waals surface area contributed by atoms with Crippen molar-refractivity contribution in [1.29, 1.82) is 0 Å². The molecule has 3 aliphatic rings. The zero-order chi connectivity index (χ0) is 51.9. The third-order valence-corrected chi connectivity index (χ3v) is 13.8. The first-order chi connectivity index (χ1) is 34.2. The van der Waals surface area contributed by atoms with Crippen LogP contribution < -0.4 is 0 Å². The second kappa shape index (κ2) is 32.4. The van der Waals surface area contributed by atoms with Crippen LogP contribution >= 0.6 is 0 Å².